The standard InChI is InChI=1S/C34H44FN3O5/c1-8-34(5,6)43-31(32(39)40)29-22(2)36-20-25(30(29)38-16-14-33(3,4)15-17-38)26-19-27(41-7)28(21-37-26)42-18-13-23-9-11-24(35)12-10-23/h9-12,19-21,31H,8,13-18H2,1-7H3,(H,39,40). The van der Waals surface area contributed by atoms with Gasteiger partial charge in [0.1, 0.15) is 5.82 Å². The van der Waals surface area contributed by atoms with E-state index >= 15 is 0 Å². The lowest BCUT2D eigenvalue weighted by molar-refractivity contribution is -0.162. The lowest BCUT2D eigenvalue weighted by atomic mass is 9.82. The number of ether oxygens (including phenoxy) is 3. The molecule has 2 aromatic heterocycles. The second kappa shape index (κ2) is 13.3. The average molecular weight is 594 g/mol. The van der Waals surface area contributed by atoms with Crippen LogP contribution in [0.3, 0.4) is 0 Å². The summed E-state index contributed by atoms with van der Waals surface area (Å²) in [5, 5.41) is 10.4. The number of benzene rings is 1. The van der Waals surface area contributed by atoms with Gasteiger partial charge in [0.2, 0.25) is 0 Å². The van der Waals surface area contributed by atoms with Gasteiger partial charge in [0.15, 0.2) is 17.6 Å². The molecule has 0 bridgehead atoms. The first kappa shape index (κ1) is 32.2. The van der Waals surface area contributed by atoms with E-state index in [1.54, 1.807) is 37.7 Å². The number of hydrogen-bond acceptors (Lipinski definition) is 7. The molecule has 4 rings (SSSR count). The van der Waals surface area contributed by atoms with Crippen molar-refractivity contribution < 1.29 is 28.5 Å². The molecule has 0 aliphatic carbocycles. The van der Waals surface area contributed by atoms with Crippen molar-refractivity contribution in [3.63, 3.8) is 0 Å². The van der Waals surface area contributed by atoms with Crippen molar-refractivity contribution in [3.05, 3.63) is 65.4 Å². The molecular weight excluding hydrogens is 549 g/mol. The van der Waals surface area contributed by atoms with Gasteiger partial charge in [0.25, 0.3) is 0 Å². The zero-order chi connectivity index (χ0) is 31.4. The molecule has 1 aromatic carbocycles. The molecule has 1 aliphatic heterocycles. The van der Waals surface area contributed by atoms with Crippen LogP contribution in [0.5, 0.6) is 11.5 Å². The molecule has 1 unspecified atom stereocenters. The fraction of sp³-hybridized carbons (Fsp3) is 0.500. The SMILES string of the molecule is CCC(C)(C)OC(C(=O)O)c1c(C)ncc(-c2cc(OC)c(OCCc3ccc(F)cc3)cn2)c1N1CCC(C)(C)CC1. The lowest BCUT2D eigenvalue weighted by Gasteiger charge is -2.41. The molecule has 43 heavy (non-hydrogen) atoms. The highest BCUT2D eigenvalue weighted by atomic mass is 19.1. The van der Waals surface area contributed by atoms with Gasteiger partial charge in [-0.2, -0.15) is 0 Å². The third-order valence-corrected chi connectivity index (χ3v) is 8.38. The summed E-state index contributed by atoms with van der Waals surface area (Å²) in [5.74, 6) is -0.359. The van der Waals surface area contributed by atoms with Crippen LogP contribution >= 0.6 is 0 Å². The number of halogens is 1. The maximum absolute atomic E-state index is 13.3. The summed E-state index contributed by atoms with van der Waals surface area (Å²) in [4.78, 5) is 24.4. The van der Waals surface area contributed by atoms with Crippen molar-refractivity contribution in [1.82, 2.24) is 9.97 Å². The molecule has 1 N–H and O–H groups in total. The number of rotatable bonds is 12. The first-order valence-electron chi connectivity index (χ1n) is 14.9. The Labute approximate surface area is 254 Å². The van der Waals surface area contributed by atoms with Crippen molar-refractivity contribution in [3.8, 4) is 22.8 Å². The lowest BCUT2D eigenvalue weighted by Crippen LogP contribution is -2.39. The first-order valence-corrected chi connectivity index (χ1v) is 14.9. The molecule has 3 heterocycles. The second-order valence-electron chi connectivity index (χ2n) is 12.6. The number of carboxylic acids is 1. The average Bonchev–Trinajstić information content (AvgIpc) is 2.97. The van der Waals surface area contributed by atoms with E-state index in [1.165, 1.54) is 12.1 Å². The molecule has 1 fully saturated rings. The van der Waals surface area contributed by atoms with Crippen LogP contribution in [0.4, 0.5) is 10.1 Å². The third kappa shape index (κ3) is 7.82. The van der Waals surface area contributed by atoms with Gasteiger partial charge in [0.05, 0.1) is 36.9 Å². The van der Waals surface area contributed by atoms with Gasteiger partial charge in [-0.3, -0.25) is 9.97 Å². The Morgan fingerprint density at radius 2 is 1.79 bits per heavy atom. The topological polar surface area (TPSA) is 94.0 Å². The number of nitrogens with zero attached hydrogens (tertiary/aromatic N) is 3. The van der Waals surface area contributed by atoms with E-state index in [0.29, 0.717) is 53.5 Å². The number of aryl methyl sites for hydroxylation is 1. The Morgan fingerprint density at radius 1 is 1.12 bits per heavy atom. The summed E-state index contributed by atoms with van der Waals surface area (Å²) in [5.41, 5.74) is 3.74. The maximum Gasteiger partial charge on any atom is 0.337 e. The van der Waals surface area contributed by atoms with Crippen LogP contribution in [-0.4, -0.2) is 53.5 Å². The number of pyridine rings is 2. The molecule has 0 amide bonds. The predicted molar refractivity (Wildman–Crippen MR) is 165 cm³/mol. The van der Waals surface area contributed by atoms with Gasteiger partial charge in [-0.25, -0.2) is 9.18 Å². The smallest absolute Gasteiger partial charge is 0.337 e. The van der Waals surface area contributed by atoms with Crippen LogP contribution in [0.25, 0.3) is 11.3 Å². The zero-order valence-corrected chi connectivity index (χ0v) is 26.4. The summed E-state index contributed by atoms with van der Waals surface area (Å²) < 4.78 is 31.2. The predicted octanol–water partition coefficient (Wildman–Crippen LogP) is 7.18. The Morgan fingerprint density at radius 3 is 2.40 bits per heavy atom. The van der Waals surface area contributed by atoms with Gasteiger partial charge < -0.3 is 24.2 Å². The van der Waals surface area contributed by atoms with E-state index < -0.39 is 17.7 Å². The molecule has 0 radical (unpaired) electrons. The van der Waals surface area contributed by atoms with Crippen LogP contribution in [-0.2, 0) is 16.0 Å². The van der Waals surface area contributed by atoms with Crippen molar-refractivity contribution in [2.75, 3.05) is 31.7 Å². The van der Waals surface area contributed by atoms with E-state index in [4.69, 9.17) is 19.2 Å². The molecule has 0 saturated carbocycles. The largest absolute Gasteiger partial charge is 0.493 e. The highest BCUT2D eigenvalue weighted by Gasteiger charge is 2.36. The number of hydrogen-bond donors (Lipinski definition) is 1. The number of methoxy groups -OCH3 is 1. The van der Waals surface area contributed by atoms with Gasteiger partial charge in [0, 0.05) is 48.6 Å². The Hall–Kier alpha value is -3.72. The Bertz CT molecular complexity index is 1410. The minimum atomic E-state index is -1.21. The van der Waals surface area contributed by atoms with Gasteiger partial charge in [-0.15, -0.1) is 0 Å². The van der Waals surface area contributed by atoms with Crippen LogP contribution in [0.2, 0.25) is 0 Å². The maximum atomic E-state index is 13.3. The van der Waals surface area contributed by atoms with Crippen molar-refractivity contribution in [1.29, 1.82) is 0 Å². The molecule has 8 nitrogen and oxygen atoms in total. The van der Waals surface area contributed by atoms with E-state index in [-0.39, 0.29) is 11.2 Å². The van der Waals surface area contributed by atoms with Crippen molar-refractivity contribution in [2.45, 2.75) is 78.9 Å². The van der Waals surface area contributed by atoms with Crippen molar-refractivity contribution >= 4 is 11.7 Å². The third-order valence-electron chi connectivity index (χ3n) is 8.38. The van der Waals surface area contributed by atoms with Gasteiger partial charge in [-0.05, 0) is 63.1 Å². The van der Waals surface area contributed by atoms with E-state index in [1.807, 2.05) is 27.7 Å². The van der Waals surface area contributed by atoms with Crippen LogP contribution < -0.4 is 14.4 Å². The highest BCUT2D eigenvalue weighted by Crippen LogP contribution is 2.44. The zero-order valence-electron chi connectivity index (χ0n) is 26.4. The molecule has 3 aromatic rings. The van der Waals surface area contributed by atoms with Crippen LogP contribution in [0, 0.1) is 18.2 Å². The molecule has 0 spiro atoms. The number of carboxylic acid groups (broad SMARTS) is 1. The van der Waals surface area contributed by atoms with Crippen molar-refractivity contribution in [2.24, 2.45) is 5.41 Å². The Kier molecular flexibility index (Phi) is 9.95. The second-order valence-corrected chi connectivity index (χ2v) is 12.6. The van der Waals surface area contributed by atoms with E-state index in [2.05, 4.69) is 23.7 Å². The molecular formula is C34H44FN3O5. The molecule has 232 valence electrons. The van der Waals surface area contributed by atoms with E-state index in [0.717, 1.165) is 37.2 Å². The van der Waals surface area contributed by atoms with E-state index in [9.17, 15) is 14.3 Å². The minimum absolute atomic E-state index is 0.195. The quantitative estimate of drug-likeness (QED) is 0.236. The molecule has 1 atom stereocenters. The van der Waals surface area contributed by atoms with Gasteiger partial charge >= 0.3 is 5.97 Å². The minimum Gasteiger partial charge on any atom is -0.493 e. The van der Waals surface area contributed by atoms with Gasteiger partial charge in [-0.1, -0.05) is 32.9 Å². The number of carbonyl (C=O) groups is 1. The summed E-state index contributed by atoms with van der Waals surface area (Å²) in [7, 11) is 1.57. The molecule has 9 heteroatoms. The monoisotopic (exact) mass is 593 g/mol. The number of anilines is 1. The first-order chi connectivity index (χ1) is 20.3. The normalized spacial score (nSPS) is 15.7. The fourth-order valence-electron chi connectivity index (χ4n) is 5.19. The summed E-state index contributed by atoms with van der Waals surface area (Å²) in [6.07, 6.45) is 5.34. The molecule has 1 aliphatic rings. The van der Waals surface area contributed by atoms with Crippen LogP contribution in [0.1, 0.15) is 76.8 Å². The molecule has 1 saturated heterocycles. The highest BCUT2D eigenvalue weighted by molar-refractivity contribution is 5.85. The fourth-order valence-corrected chi connectivity index (χ4v) is 5.19. The number of aliphatic carboxylic acids is 1. The van der Waals surface area contributed by atoms with Crippen LogP contribution in [0.15, 0.2) is 42.7 Å². The number of aromatic nitrogens is 2. The summed E-state index contributed by atoms with van der Waals surface area (Å²) >= 11 is 0. The number of piperidine rings is 1. The summed E-state index contributed by atoms with van der Waals surface area (Å²) in [6.45, 7) is 14.0. The Balaban J connectivity index is 1.75. The summed E-state index contributed by atoms with van der Waals surface area (Å²) in [6, 6.07) is 8.13.